The topological polar surface area (TPSA) is 95.6 Å². The summed E-state index contributed by atoms with van der Waals surface area (Å²) in [5.41, 5.74) is 6.50. The Morgan fingerprint density at radius 3 is 1.07 bits per heavy atom. The lowest BCUT2D eigenvalue weighted by Gasteiger charge is -2.16. The molecule has 0 bridgehead atoms. The highest BCUT2D eigenvalue weighted by molar-refractivity contribution is 5.85. The lowest BCUT2D eigenvalue weighted by atomic mass is 10.0. The maximum Gasteiger partial charge on any atom is 0.345 e. The first-order valence-corrected chi connectivity index (χ1v) is 17.5. The highest BCUT2D eigenvalue weighted by Crippen LogP contribution is 2.28. The van der Waals surface area contributed by atoms with Crippen molar-refractivity contribution in [1.29, 1.82) is 0 Å². The minimum atomic E-state index is -0.701. The zero-order valence-electron chi connectivity index (χ0n) is 28.8. The molecule has 0 atom stereocenters. The lowest BCUT2D eigenvalue weighted by molar-refractivity contribution is 0.768. The molecule has 0 fully saturated rings. The normalized spacial score (nSPS) is 11.1. The van der Waals surface area contributed by atoms with Crippen LogP contribution in [0.25, 0.3) is 79.0 Å². The van der Waals surface area contributed by atoms with E-state index in [4.69, 9.17) is 19.9 Å². The quantitative estimate of drug-likeness (QED) is 0.165. The molecule has 8 heteroatoms. The number of benzene rings is 6. The van der Waals surface area contributed by atoms with Crippen molar-refractivity contribution in [1.82, 2.24) is 29.1 Å². The van der Waals surface area contributed by atoms with Crippen molar-refractivity contribution in [2.75, 3.05) is 0 Å². The fourth-order valence-electron chi connectivity index (χ4n) is 6.59. The molecule has 3 heterocycles. The second-order valence-corrected chi connectivity index (χ2v) is 12.7. The standard InChI is InChI=1S/C46H30N6O2/c53-43-37-28-36(31-16-6-1-7-17-31)26-27-42(37)51(44-47-38(32-18-8-2-9-19-32)29-39(48-44)33-20-10-3-11-21-33)46(54)52(43)45-49-40(34-22-12-4-13-23-34)30-41(50-45)35-24-14-5-15-25-35/h1-30H. The molecule has 0 saturated carbocycles. The molecule has 256 valence electrons. The summed E-state index contributed by atoms with van der Waals surface area (Å²) in [7, 11) is 0. The van der Waals surface area contributed by atoms with E-state index in [2.05, 4.69) is 0 Å². The van der Waals surface area contributed by atoms with Crippen LogP contribution in [0.4, 0.5) is 0 Å². The summed E-state index contributed by atoms with van der Waals surface area (Å²) in [4.78, 5) is 49.6. The predicted octanol–water partition coefficient (Wildman–Crippen LogP) is 9.06. The van der Waals surface area contributed by atoms with E-state index in [1.165, 1.54) is 4.57 Å². The van der Waals surface area contributed by atoms with Gasteiger partial charge in [0, 0.05) is 22.3 Å². The van der Waals surface area contributed by atoms with E-state index < -0.39 is 11.2 Å². The summed E-state index contributed by atoms with van der Waals surface area (Å²) in [6.45, 7) is 0. The fraction of sp³-hybridized carbons (Fsp3) is 0. The third-order valence-electron chi connectivity index (χ3n) is 9.27. The first kappa shape index (κ1) is 32.3. The van der Waals surface area contributed by atoms with Crippen LogP contribution in [-0.4, -0.2) is 29.1 Å². The van der Waals surface area contributed by atoms with Gasteiger partial charge in [0.25, 0.3) is 5.56 Å². The SMILES string of the molecule is O=c1c2cc(-c3ccccc3)ccc2n(-c2nc(-c3ccccc3)cc(-c3ccccc3)n2)c(=O)n1-c1nc(-c2ccccc2)cc(-c2ccccc2)n1. The number of nitrogens with zero attached hydrogens (tertiary/aromatic N) is 6. The first-order valence-electron chi connectivity index (χ1n) is 17.5. The molecule has 54 heavy (non-hydrogen) atoms. The van der Waals surface area contributed by atoms with Crippen LogP contribution in [0.3, 0.4) is 0 Å². The Morgan fingerprint density at radius 1 is 0.333 bits per heavy atom. The molecule has 0 amide bonds. The van der Waals surface area contributed by atoms with Crippen LogP contribution >= 0.6 is 0 Å². The largest absolute Gasteiger partial charge is 0.345 e. The van der Waals surface area contributed by atoms with Crippen molar-refractivity contribution >= 4 is 10.9 Å². The van der Waals surface area contributed by atoms with Crippen molar-refractivity contribution in [3.8, 4) is 68.1 Å². The fourth-order valence-corrected chi connectivity index (χ4v) is 6.59. The van der Waals surface area contributed by atoms with Gasteiger partial charge in [-0.1, -0.05) is 158 Å². The zero-order chi connectivity index (χ0) is 36.4. The van der Waals surface area contributed by atoms with Crippen LogP contribution in [0.15, 0.2) is 192 Å². The highest BCUT2D eigenvalue weighted by Gasteiger charge is 2.22. The van der Waals surface area contributed by atoms with Gasteiger partial charge in [-0.3, -0.25) is 4.79 Å². The van der Waals surface area contributed by atoms with Crippen molar-refractivity contribution in [3.05, 3.63) is 203 Å². The van der Waals surface area contributed by atoms with Gasteiger partial charge >= 0.3 is 5.69 Å². The van der Waals surface area contributed by atoms with Crippen LogP contribution in [0.5, 0.6) is 0 Å². The van der Waals surface area contributed by atoms with E-state index in [0.29, 0.717) is 28.3 Å². The average molecular weight is 699 g/mol. The number of hydrogen-bond acceptors (Lipinski definition) is 6. The van der Waals surface area contributed by atoms with Gasteiger partial charge in [-0.05, 0) is 35.4 Å². The monoisotopic (exact) mass is 698 g/mol. The molecule has 0 aliphatic carbocycles. The molecular formula is C46H30N6O2. The Bertz CT molecular complexity index is 2780. The van der Waals surface area contributed by atoms with E-state index in [1.807, 2.05) is 170 Å². The second-order valence-electron chi connectivity index (χ2n) is 12.7. The lowest BCUT2D eigenvalue weighted by Crippen LogP contribution is -2.40. The molecule has 0 saturated heterocycles. The molecule has 0 aliphatic rings. The van der Waals surface area contributed by atoms with E-state index in [1.54, 1.807) is 12.1 Å². The Balaban J connectivity index is 1.38. The molecular weight excluding hydrogens is 669 g/mol. The molecule has 6 aromatic carbocycles. The number of hydrogen-bond donors (Lipinski definition) is 0. The Labute approximate surface area is 310 Å². The van der Waals surface area contributed by atoms with Gasteiger partial charge in [-0.2, -0.15) is 4.57 Å². The van der Waals surface area contributed by atoms with Gasteiger partial charge in [-0.25, -0.2) is 29.3 Å². The van der Waals surface area contributed by atoms with Crippen molar-refractivity contribution < 1.29 is 0 Å². The average Bonchev–Trinajstić information content (AvgIpc) is 3.25. The van der Waals surface area contributed by atoms with Gasteiger partial charge in [-0.15, -0.1) is 0 Å². The molecule has 0 unspecified atom stereocenters. The Kier molecular flexibility index (Phi) is 8.30. The molecule has 9 aromatic rings. The number of fused-ring (bicyclic) bond motifs is 1. The first-order chi connectivity index (χ1) is 26.6. The molecule has 0 aliphatic heterocycles. The van der Waals surface area contributed by atoms with Gasteiger partial charge in [0.15, 0.2) is 0 Å². The van der Waals surface area contributed by atoms with E-state index >= 15 is 4.79 Å². The van der Waals surface area contributed by atoms with Crippen molar-refractivity contribution in [2.24, 2.45) is 0 Å². The summed E-state index contributed by atoms with van der Waals surface area (Å²) in [5, 5.41) is 0.279. The third-order valence-corrected chi connectivity index (χ3v) is 9.27. The zero-order valence-corrected chi connectivity index (χ0v) is 28.8. The summed E-state index contributed by atoms with van der Waals surface area (Å²) >= 11 is 0. The van der Waals surface area contributed by atoms with Crippen LogP contribution in [0.1, 0.15) is 0 Å². The molecule has 8 nitrogen and oxygen atoms in total. The number of aromatic nitrogens is 6. The van der Waals surface area contributed by atoms with Crippen LogP contribution < -0.4 is 11.2 Å². The third kappa shape index (κ3) is 6.07. The number of rotatable bonds is 7. The minimum absolute atomic E-state index is 0.0616. The van der Waals surface area contributed by atoms with Gasteiger partial charge in [0.1, 0.15) is 0 Å². The summed E-state index contributed by atoms with van der Waals surface area (Å²) in [6.07, 6.45) is 0. The molecule has 0 radical (unpaired) electrons. The van der Waals surface area contributed by atoms with Crippen molar-refractivity contribution in [3.63, 3.8) is 0 Å². The summed E-state index contributed by atoms with van der Waals surface area (Å²) in [6, 6.07) is 57.8. The van der Waals surface area contributed by atoms with E-state index in [-0.39, 0.29) is 17.3 Å². The van der Waals surface area contributed by atoms with E-state index in [0.717, 1.165) is 37.9 Å². The van der Waals surface area contributed by atoms with Gasteiger partial charge in [0.05, 0.1) is 33.7 Å². The highest BCUT2D eigenvalue weighted by atomic mass is 16.2. The predicted molar refractivity (Wildman–Crippen MR) is 214 cm³/mol. The van der Waals surface area contributed by atoms with Crippen LogP contribution in [0.2, 0.25) is 0 Å². The maximum atomic E-state index is 15.1. The molecule has 0 N–H and O–H groups in total. The van der Waals surface area contributed by atoms with Crippen molar-refractivity contribution in [2.45, 2.75) is 0 Å². The van der Waals surface area contributed by atoms with Gasteiger partial charge in [0.2, 0.25) is 11.9 Å². The second kappa shape index (κ2) is 13.9. The van der Waals surface area contributed by atoms with E-state index in [9.17, 15) is 4.79 Å². The van der Waals surface area contributed by atoms with Crippen LogP contribution in [-0.2, 0) is 0 Å². The summed E-state index contributed by atoms with van der Waals surface area (Å²) in [5.74, 6) is 0.0439. The van der Waals surface area contributed by atoms with Crippen LogP contribution in [0, 0.1) is 0 Å². The molecule has 9 rings (SSSR count). The smallest absolute Gasteiger partial charge is 0.268 e. The molecule has 3 aromatic heterocycles. The minimum Gasteiger partial charge on any atom is -0.268 e. The Morgan fingerprint density at radius 2 is 0.685 bits per heavy atom. The Hall–Kier alpha value is -7.58. The molecule has 0 spiro atoms. The maximum absolute atomic E-state index is 15.1. The van der Waals surface area contributed by atoms with Gasteiger partial charge < -0.3 is 0 Å². The summed E-state index contributed by atoms with van der Waals surface area (Å²) < 4.78 is 2.43.